The van der Waals surface area contributed by atoms with E-state index >= 15 is 0 Å². The molecule has 7 nitrogen and oxygen atoms in total. The highest BCUT2D eigenvalue weighted by molar-refractivity contribution is 5.93. The second-order valence-corrected chi connectivity index (χ2v) is 6.12. The Morgan fingerprint density at radius 3 is 2.59 bits per heavy atom. The Labute approximate surface area is 128 Å². The Bertz CT molecular complexity index is 753. The van der Waals surface area contributed by atoms with Gasteiger partial charge in [0.05, 0.1) is 0 Å². The number of hydrogen-bond donors (Lipinski definition) is 2. The molecule has 0 aliphatic carbocycles. The number of amides is 1. The molecule has 0 radical (unpaired) electrons. The number of nitrogens with zero attached hydrogens (tertiary/aromatic N) is 2. The van der Waals surface area contributed by atoms with Crippen molar-refractivity contribution in [2.24, 2.45) is 12.8 Å². The number of benzene rings is 1. The molecule has 0 atom stereocenters. The van der Waals surface area contributed by atoms with Crippen LogP contribution in [0, 0.1) is 0 Å². The lowest BCUT2D eigenvalue weighted by molar-refractivity contribution is 0.0999. The van der Waals surface area contributed by atoms with Gasteiger partial charge in [-0.25, -0.2) is 9.89 Å². The minimum atomic E-state index is -0.516. The minimum absolute atomic E-state index is 0.112. The van der Waals surface area contributed by atoms with Gasteiger partial charge in [-0.05, 0) is 23.1 Å². The largest absolute Gasteiger partial charge is 0.485 e. The number of primary amides is 1. The molecular formula is C15H20N4O3. The molecule has 0 bridgehead atoms. The van der Waals surface area contributed by atoms with Crippen molar-refractivity contribution in [3.63, 3.8) is 0 Å². The molecule has 0 saturated carbocycles. The second kappa shape index (κ2) is 5.67. The Balaban J connectivity index is 2.35. The zero-order chi connectivity index (χ0) is 16.5. The van der Waals surface area contributed by atoms with Crippen LogP contribution in [0.2, 0.25) is 0 Å². The maximum absolute atomic E-state index is 11.3. The van der Waals surface area contributed by atoms with E-state index < -0.39 is 5.91 Å². The summed E-state index contributed by atoms with van der Waals surface area (Å²) in [6.07, 6.45) is 0. The van der Waals surface area contributed by atoms with E-state index in [-0.39, 0.29) is 17.7 Å². The van der Waals surface area contributed by atoms with E-state index in [4.69, 9.17) is 10.5 Å². The van der Waals surface area contributed by atoms with Crippen LogP contribution in [0.15, 0.2) is 23.0 Å². The van der Waals surface area contributed by atoms with Gasteiger partial charge in [-0.15, -0.1) is 0 Å². The first-order valence-electron chi connectivity index (χ1n) is 6.87. The van der Waals surface area contributed by atoms with E-state index in [9.17, 15) is 9.59 Å². The highest BCUT2D eigenvalue weighted by Gasteiger charge is 2.20. The summed E-state index contributed by atoms with van der Waals surface area (Å²) in [5.41, 5.74) is 6.17. The molecule has 22 heavy (non-hydrogen) atoms. The number of aromatic nitrogens is 3. The van der Waals surface area contributed by atoms with Crippen molar-refractivity contribution in [1.29, 1.82) is 0 Å². The van der Waals surface area contributed by atoms with Crippen LogP contribution in [0.5, 0.6) is 5.75 Å². The Kier molecular flexibility index (Phi) is 4.07. The number of aromatic amines is 1. The van der Waals surface area contributed by atoms with Gasteiger partial charge in [-0.3, -0.25) is 9.36 Å². The van der Waals surface area contributed by atoms with Crippen LogP contribution >= 0.6 is 0 Å². The lowest BCUT2D eigenvalue weighted by Crippen LogP contribution is -2.18. The quantitative estimate of drug-likeness (QED) is 0.882. The van der Waals surface area contributed by atoms with Crippen molar-refractivity contribution in [2.75, 3.05) is 0 Å². The Morgan fingerprint density at radius 2 is 2.09 bits per heavy atom. The topological polar surface area (TPSA) is 103 Å². The minimum Gasteiger partial charge on any atom is -0.485 e. The first kappa shape index (κ1) is 15.8. The van der Waals surface area contributed by atoms with Crippen LogP contribution in [-0.4, -0.2) is 20.7 Å². The van der Waals surface area contributed by atoms with Gasteiger partial charge in [0.25, 0.3) is 0 Å². The second-order valence-electron chi connectivity index (χ2n) is 6.12. The van der Waals surface area contributed by atoms with E-state index in [1.807, 2.05) is 26.8 Å². The zero-order valence-corrected chi connectivity index (χ0v) is 13.1. The fraction of sp³-hybridized carbons (Fsp3) is 0.400. The first-order chi connectivity index (χ1) is 10.2. The number of carbonyl (C=O) groups is 1. The molecule has 0 fully saturated rings. The van der Waals surface area contributed by atoms with Crippen LogP contribution in [0.3, 0.4) is 0 Å². The van der Waals surface area contributed by atoms with Gasteiger partial charge in [-0.1, -0.05) is 26.8 Å². The Hall–Kier alpha value is -2.57. The molecular weight excluding hydrogens is 284 g/mol. The smallest absolute Gasteiger partial charge is 0.343 e. The number of nitrogens with two attached hydrogens (primary N) is 1. The lowest BCUT2D eigenvalue weighted by atomic mass is 9.85. The highest BCUT2D eigenvalue weighted by Crippen LogP contribution is 2.32. The fourth-order valence-corrected chi connectivity index (χ4v) is 2.07. The number of carbonyl (C=O) groups excluding carboxylic acids is 1. The van der Waals surface area contributed by atoms with Gasteiger partial charge in [0, 0.05) is 12.6 Å². The average Bonchev–Trinajstić information content (AvgIpc) is 2.75. The molecule has 3 N–H and O–H groups in total. The normalized spacial score (nSPS) is 11.5. The maximum atomic E-state index is 11.3. The first-order valence-corrected chi connectivity index (χ1v) is 6.87. The highest BCUT2D eigenvalue weighted by atomic mass is 16.5. The molecule has 118 valence electrons. The third-order valence-electron chi connectivity index (χ3n) is 3.40. The van der Waals surface area contributed by atoms with Gasteiger partial charge in [0.15, 0.2) is 5.82 Å². The summed E-state index contributed by atoms with van der Waals surface area (Å²) in [6, 6.07) is 5.13. The molecule has 2 aromatic rings. The molecule has 1 aromatic heterocycles. The summed E-state index contributed by atoms with van der Waals surface area (Å²) in [6.45, 7) is 6.25. The van der Waals surface area contributed by atoms with Crippen molar-refractivity contribution in [2.45, 2.75) is 32.8 Å². The van der Waals surface area contributed by atoms with Gasteiger partial charge in [-0.2, -0.15) is 5.10 Å². The third-order valence-corrected chi connectivity index (χ3v) is 3.40. The Morgan fingerprint density at radius 1 is 1.41 bits per heavy atom. The molecule has 0 aliphatic heterocycles. The van der Waals surface area contributed by atoms with Crippen LogP contribution in [0.1, 0.15) is 42.5 Å². The van der Waals surface area contributed by atoms with Gasteiger partial charge >= 0.3 is 5.69 Å². The van der Waals surface area contributed by atoms with Crippen LogP contribution in [0.25, 0.3) is 0 Å². The lowest BCUT2D eigenvalue weighted by Gasteiger charge is -2.23. The van der Waals surface area contributed by atoms with Crippen molar-refractivity contribution in [3.05, 3.63) is 45.6 Å². The van der Waals surface area contributed by atoms with E-state index in [2.05, 4.69) is 10.2 Å². The summed E-state index contributed by atoms with van der Waals surface area (Å²) < 4.78 is 7.15. The predicted octanol–water partition coefficient (Wildman–Crippen LogP) is 1.08. The number of H-pyrrole nitrogens is 1. The molecule has 7 heteroatoms. The van der Waals surface area contributed by atoms with Crippen LogP contribution < -0.4 is 16.2 Å². The van der Waals surface area contributed by atoms with Crippen LogP contribution in [0.4, 0.5) is 0 Å². The summed E-state index contributed by atoms with van der Waals surface area (Å²) in [5, 5.41) is 6.24. The number of nitrogens with one attached hydrogen (secondary N) is 1. The maximum Gasteiger partial charge on any atom is 0.343 e. The number of rotatable bonds is 4. The standard InChI is InChI=1S/C15H20N4O3/c1-15(2,3)10-6-5-9(13(16)20)7-11(10)22-8-12-17-18-14(21)19(12)4/h5-7H,8H2,1-4H3,(H2,16,20)(H,18,21). The summed E-state index contributed by atoms with van der Waals surface area (Å²) in [4.78, 5) is 22.7. The fourth-order valence-electron chi connectivity index (χ4n) is 2.07. The van der Waals surface area contributed by atoms with E-state index in [1.165, 1.54) is 4.57 Å². The van der Waals surface area contributed by atoms with Crippen molar-refractivity contribution >= 4 is 5.91 Å². The van der Waals surface area contributed by atoms with Gasteiger partial charge < -0.3 is 10.5 Å². The zero-order valence-electron chi connectivity index (χ0n) is 13.1. The van der Waals surface area contributed by atoms with Gasteiger partial charge in [0.2, 0.25) is 5.91 Å². The molecule has 0 saturated heterocycles. The van der Waals surface area contributed by atoms with Gasteiger partial charge in [0.1, 0.15) is 12.4 Å². The molecule has 0 aliphatic rings. The predicted molar refractivity (Wildman–Crippen MR) is 81.8 cm³/mol. The van der Waals surface area contributed by atoms with Crippen molar-refractivity contribution < 1.29 is 9.53 Å². The molecule has 1 amide bonds. The molecule has 0 unspecified atom stereocenters. The molecule has 1 aromatic carbocycles. The van der Waals surface area contributed by atoms with E-state index in [0.29, 0.717) is 17.1 Å². The number of ether oxygens (including phenoxy) is 1. The van der Waals surface area contributed by atoms with Crippen molar-refractivity contribution in [1.82, 2.24) is 14.8 Å². The SMILES string of the molecule is Cn1c(COc2cc(C(N)=O)ccc2C(C)(C)C)n[nH]c1=O. The van der Waals surface area contributed by atoms with E-state index in [1.54, 1.807) is 19.2 Å². The van der Waals surface area contributed by atoms with Crippen LogP contribution in [-0.2, 0) is 19.1 Å². The average molecular weight is 304 g/mol. The summed E-state index contributed by atoms with van der Waals surface area (Å²) in [7, 11) is 1.61. The summed E-state index contributed by atoms with van der Waals surface area (Å²) in [5.74, 6) is 0.506. The van der Waals surface area contributed by atoms with Crippen molar-refractivity contribution in [3.8, 4) is 5.75 Å². The van der Waals surface area contributed by atoms with E-state index in [0.717, 1.165) is 5.56 Å². The third kappa shape index (κ3) is 3.19. The summed E-state index contributed by atoms with van der Waals surface area (Å²) >= 11 is 0. The molecule has 2 rings (SSSR count). The molecule has 0 spiro atoms. The monoisotopic (exact) mass is 304 g/mol. The number of hydrogen-bond acceptors (Lipinski definition) is 4. The molecule has 1 heterocycles.